The highest BCUT2D eigenvalue weighted by Gasteiger charge is 2.14. The molecule has 0 atom stereocenters. The van der Waals surface area contributed by atoms with E-state index >= 15 is 0 Å². The molecule has 0 fully saturated rings. The zero-order valence-electron chi connectivity index (χ0n) is 12.6. The van der Waals surface area contributed by atoms with Crippen LogP contribution in [0.5, 0.6) is 0 Å². The molecular formula is C17H17Br3N2S. The van der Waals surface area contributed by atoms with Gasteiger partial charge in [-0.2, -0.15) is 0 Å². The van der Waals surface area contributed by atoms with Crippen molar-refractivity contribution in [3.05, 3.63) is 38.6 Å². The third-order valence-corrected chi connectivity index (χ3v) is 6.44. The Hall–Kier alpha value is -0.170. The van der Waals surface area contributed by atoms with Crippen LogP contribution in [0.1, 0.15) is 25.7 Å². The summed E-state index contributed by atoms with van der Waals surface area (Å²) in [6.07, 6.45) is 4.98. The number of thiophene rings is 1. The molecule has 23 heavy (non-hydrogen) atoms. The van der Waals surface area contributed by atoms with E-state index in [1.165, 1.54) is 36.1 Å². The maximum Gasteiger partial charge on any atom is 0.151 e. The minimum absolute atomic E-state index is 1.02. The number of imidazole rings is 1. The van der Waals surface area contributed by atoms with E-state index in [0.717, 1.165) is 31.5 Å². The van der Waals surface area contributed by atoms with E-state index in [-0.39, 0.29) is 0 Å². The van der Waals surface area contributed by atoms with Crippen LogP contribution in [-0.2, 0) is 6.54 Å². The van der Waals surface area contributed by atoms with Gasteiger partial charge in [-0.1, -0.05) is 44.7 Å². The Labute approximate surface area is 165 Å². The number of halogens is 3. The lowest BCUT2D eigenvalue weighted by atomic mass is 10.2. The molecule has 0 unspecified atom stereocenters. The molecule has 3 rings (SSSR count). The summed E-state index contributed by atoms with van der Waals surface area (Å²) >= 11 is 12.3. The minimum Gasteiger partial charge on any atom is -0.323 e. The van der Waals surface area contributed by atoms with Crippen molar-refractivity contribution in [2.75, 3.05) is 5.33 Å². The molecule has 0 spiro atoms. The molecule has 3 aromatic rings. The van der Waals surface area contributed by atoms with E-state index in [1.54, 1.807) is 11.3 Å². The van der Waals surface area contributed by atoms with Crippen molar-refractivity contribution in [1.82, 2.24) is 9.55 Å². The summed E-state index contributed by atoms with van der Waals surface area (Å²) in [6.45, 7) is 1.02. The van der Waals surface area contributed by atoms with Crippen LogP contribution in [0, 0.1) is 0 Å². The van der Waals surface area contributed by atoms with Gasteiger partial charge in [-0.15, -0.1) is 11.3 Å². The SMILES string of the molecule is BrCCCCCCn1c(-c2ccc(Br)s2)nc2cc(Br)ccc21. The van der Waals surface area contributed by atoms with E-state index in [9.17, 15) is 0 Å². The minimum atomic E-state index is 1.02. The number of unbranched alkanes of at least 4 members (excludes halogenated alkanes) is 3. The fraction of sp³-hybridized carbons (Fsp3) is 0.353. The molecular weight excluding hydrogens is 504 g/mol. The maximum absolute atomic E-state index is 4.89. The molecule has 0 N–H and O–H groups in total. The summed E-state index contributed by atoms with van der Waals surface area (Å²) in [4.78, 5) is 6.10. The summed E-state index contributed by atoms with van der Waals surface area (Å²) in [5.74, 6) is 1.08. The second-order valence-corrected chi connectivity index (χ2v) is 9.60. The van der Waals surface area contributed by atoms with Crippen molar-refractivity contribution in [3.8, 4) is 10.7 Å². The highest BCUT2D eigenvalue weighted by Crippen LogP contribution is 2.33. The molecule has 6 heteroatoms. The van der Waals surface area contributed by atoms with Gasteiger partial charge in [0.1, 0.15) is 0 Å². The quantitative estimate of drug-likeness (QED) is 0.237. The van der Waals surface area contributed by atoms with Gasteiger partial charge in [0.15, 0.2) is 5.82 Å². The Balaban J connectivity index is 1.92. The summed E-state index contributed by atoms with van der Waals surface area (Å²) in [5, 5.41) is 1.10. The van der Waals surface area contributed by atoms with Gasteiger partial charge in [-0.3, -0.25) is 0 Å². The number of aromatic nitrogens is 2. The Bertz CT molecular complexity index is 794. The van der Waals surface area contributed by atoms with Gasteiger partial charge in [-0.25, -0.2) is 4.98 Å². The molecule has 2 heterocycles. The smallest absolute Gasteiger partial charge is 0.151 e. The van der Waals surface area contributed by atoms with Crippen LogP contribution in [0.4, 0.5) is 0 Å². The highest BCUT2D eigenvalue weighted by molar-refractivity contribution is 9.11. The summed E-state index contributed by atoms with van der Waals surface area (Å²) < 4.78 is 4.59. The van der Waals surface area contributed by atoms with Crippen molar-refractivity contribution in [1.29, 1.82) is 0 Å². The number of fused-ring (bicyclic) bond motifs is 1. The lowest BCUT2D eigenvalue weighted by Crippen LogP contribution is -2.00. The van der Waals surface area contributed by atoms with Crippen molar-refractivity contribution in [3.63, 3.8) is 0 Å². The monoisotopic (exact) mass is 518 g/mol. The standard InChI is InChI=1S/C17H17Br3N2S/c18-9-3-1-2-4-10-22-14-6-5-12(19)11-13(14)21-17(22)15-7-8-16(20)23-15/h5-8,11H,1-4,9-10H2. The Morgan fingerprint density at radius 3 is 2.57 bits per heavy atom. The second kappa shape index (κ2) is 8.28. The highest BCUT2D eigenvalue weighted by atomic mass is 79.9. The third-order valence-electron chi connectivity index (χ3n) is 3.77. The van der Waals surface area contributed by atoms with E-state index < -0.39 is 0 Å². The molecule has 0 bridgehead atoms. The van der Waals surface area contributed by atoms with Gasteiger partial charge in [0.2, 0.25) is 0 Å². The van der Waals surface area contributed by atoms with Crippen LogP contribution in [-0.4, -0.2) is 14.9 Å². The van der Waals surface area contributed by atoms with Gasteiger partial charge < -0.3 is 4.57 Å². The predicted molar refractivity (Wildman–Crippen MR) is 111 cm³/mol. The normalized spacial score (nSPS) is 11.4. The van der Waals surface area contributed by atoms with Crippen molar-refractivity contribution in [2.24, 2.45) is 0 Å². The Morgan fingerprint density at radius 2 is 1.83 bits per heavy atom. The molecule has 1 aromatic carbocycles. The Morgan fingerprint density at radius 1 is 1.00 bits per heavy atom. The van der Waals surface area contributed by atoms with E-state index in [4.69, 9.17) is 4.98 Å². The molecule has 0 aliphatic carbocycles. The first-order valence-electron chi connectivity index (χ1n) is 7.66. The van der Waals surface area contributed by atoms with Gasteiger partial charge >= 0.3 is 0 Å². The predicted octanol–water partition coefficient (Wildman–Crippen LogP) is 7.25. The number of alkyl halides is 1. The molecule has 2 aromatic heterocycles. The first-order chi connectivity index (χ1) is 11.2. The fourth-order valence-corrected chi connectivity index (χ4v) is 4.80. The average molecular weight is 521 g/mol. The van der Waals surface area contributed by atoms with E-state index in [2.05, 4.69) is 82.7 Å². The average Bonchev–Trinajstić information content (AvgIpc) is 3.10. The van der Waals surface area contributed by atoms with Crippen LogP contribution in [0.3, 0.4) is 0 Å². The molecule has 0 saturated heterocycles. The largest absolute Gasteiger partial charge is 0.323 e. The van der Waals surface area contributed by atoms with Gasteiger partial charge in [-0.05, 0) is 59.1 Å². The number of benzene rings is 1. The maximum atomic E-state index is 4.89. The zero-order valence-corrected chi connectivity index (χ0v) is 18.1. The van der Waals surface area contributed by atoms with Gasteiger partial charge in [0, 0.05) is 16.3 Å². The second-order valence-electron chi connectivity index (χ2n) is 5.43. The molecule has 0 radical (unpaired) electrons. The molecule has 0 saturated carbocycles. The first kappa shape index (κ1) is 17.6. The molecule has 0 aliphatic heterocycles. The van der Waals surface area contributed by atoms with Crippen molar-refractivity contribution >= 4 is 70.2 Å². The van der Waals surface area contributed by atoms with Crippen molar-refractivity contribution < 1.29 is 0 Å². The molecule has 2 nitrogen and oxygen atoms in total. The molecule has 0 amide bonds. The molecule has 122 valence electrons. The third kappa shape index (κ3) is 4.27. The van der Waals surface area contributed by atoms with Crippen LogP contribution < -0.4 is 0 Å². The first-order valence-corrected chi connectivity index (χ1v) is 11.2. The van der Waals surface area contributed by atoms with E-state index in [0.29, 0.717) is 0 Å². The number of rotatable bonds is 7. The topological polar surface area (TPSA) is 17.8 Å². The molecule has 0 aliphatic rings. The lowest BCUT2D eigenvalue weighted by Gasteiger charge is -2.08. The van der Waals surface area contributed by atoms with Crippen LogP contribution >= 0.6 is 59.1 Å². The van der Waals surface area contributed by atoms with Crippen LogP contribution in [0.15, 0.2) is 38.6 Å². The van der Waals surface area contributed by atoms with E-state index in [1.807, 2.05) is 0 Å². The number of aryl methyl sites for hydroxylation is 1. The van der Waals surface area contributed by atoms with Gasteiger partial charge in [0.25, 0.3) is 0 Å². The van der Waals surface area contributed by atoms with Crippen LogP contribution in [0.2, 0.25) is 0 Å². The number of hydrogen-bond donors (Lipinski definition) is 0. The summed E-state index contributed by atoms with van der Waals surface area (Å²) in [5.41, 5.74) is 2.27. The summed E-state index contributed by atoms with van der Waals surface area (Å²) in [7, 11) is 0. The van der Waals surface area contributed by atoms with Crippen LogP contribution in [0.25, 0.3) is 21.7 Å². The summed E-state index contributed by atoms with van der Waals surface area (Å²) in [6, 6.07) is 10.6. The Kier molecular flexibility index (Phi) is 6.35. The zero-order chi connectivity index (χ0) is 16.2. The number of hydrogen-bond acceptors (Lipinski definition) is 2. The fourth-order valence-electron chi connectivity index (χ4n) is 2.67. The lowest BCUT2D eigenvalue weighted by molar-refractivity contribution is 0.597. The number of nitrogens with zero attached hydrogens (tertiary/aromatic N) is 2. The van der Waals surface area contributed by atoms with Crippen molar-refractivity contribution in [2.45, 2.75) is 32.2 Å². The van der Waals surface area contributed by atoms with Gasteiger partial charge in [0.05, 0.1) is 19.7 Å².